The van der Waals surface area contributed by atoms with Gasteiger partial charge in [-0.2, -0.15) is 0 Å². The van der Waals surface area contributed by atoms with Crippen molar-refractivity contribution in [2.24, 2.45) is 0 Å². The highest BCUT2D eigenvalue weighted by atomic mass is 16.6. The maximum atomic E-state index is 12.7. The monoisotopic (exact) mass is 428 g/mol. The average molecular weight is 428 g/mol. The van der Waals surface area contributed by atoms with Crippen LogP contribution in [0.5, 0.6) is 0 Å². The maximum Gasteiger partial charge on any atom is 0.289 e. The van der Waals surface area contributed by atoms with Gasteiger partial charge in [-0.3, -0.25) is 9.36 Å². The number of rotatable bonds is 7. The Balaban J connectivity index is 1.58. The molecule has 0 unspecified atom stereocenters. The van der Waals surface area contributed by atoms with E-state index in [9.17, 15) is 20.1 Å². The van der Waals surface area contributed by atoms with E-state index in [2.05, 4.69) is 25.6 Å². The van der Waals surface area contributed by atoms with Crippen LogP contribution in [0.4, 0.5) is 5.82 Å². The van der Waals surface area contributed by atoms with Crippen LogP contribution in [0.15, 0.2) is 36.7 Å². The summed E-state index contributed by atoms with van der Waals surface area (Å²) < 4.78 is 6.99. The molecule has 0 bridgehead atoms. The molecule has 4 rings (SSSR count). The molecule has 1 aliphatic rings. The minimum absolute atomic E-state index is 0.0709. The lowest BCUT2D eigenvalue weighted by Crippen LogP contribution is -2.33. The Hall–Kier alpha value is -3.12. The highest BCUT2D eigenvalue weighted by molar-refractivity contribution is 5.94. The smallest absolute Gasteiger partial charge is 0.289 e. The molecule has 0 saturated carbocycles. The molecule has 31 heavy (non-hydrogen) atoms. The first kappa shape index (κ1) is 21.1. The first-order valence-corrected chi connectivity index (χ1v) is 9.90. The molecule has 4 atom stereocenters. The number of hydrogen-bond acceptors (Lipinski definition) is 9. The summed E-state index contributed by atoms with van der Waals surface area (Å²) in [4.78, 5) is 25.5. The van der Waals surface area contributed by atoms with Crippen molar-refractivity contribution in [1.82, 2.24) is 24.8 Å². The van der Waals surface area contributed by atoms with Crippen LogP contribution in [0.2, 0.25) is 0 Å². The zero-order valence-electron chi connectivity index (χ0n) is 16.8. The molecular formula is C20H24N6O5. The fourth-order valence-electron chi connectivity index (χ4n) is 3.53. The van der Waals surface area contributed by atoms with Gasteiger partial charge < -0.3 is 30.7 Å². The van der Waals surface area contributed by atoms with Crippen molar-refractivity contribution in [1.29, 1.82) is 0 Å². The van der Waals surface area contributed by atoms with Crippen LogP contribution < -0.4 is 10.6 Å². The Bertz CT molecular complexity index is 1060. The second-order valence-corrected chi connectivity index (χ2v) is 7.19. The van der Waals surface area contributed by atoms with Gasteiger partial charge in [0.05, 0.1) is 12.9 Å². The van der Waals surface area contributed by atoms with Crippen LogP contribution in [0, 0.1) is 0 Å². The van der Waals surface area contributed by atoms with E-state index in [4.69, 9.17) is 4.74 Å². The molecule has 1 fully saturated rings. The van der Waals surface area contributed by atoms with Gasteiger partial charge in [0.2, 0.25) is 5.82 Å². The molecule has 2 aromatic heterocycles. The predicted molar refractivity (Wildman–Crippen MR) is 110 cm³/mol. The summed E-state index contributed by atoms with van der Waals surface area (Å²) in [6, 6.07) is 9.76. The van der Waals surface area contributed by atoms with Crippen LogP contribution in [0.1, 0.15) is 22.4 Å². The molecule has 11 heteroatoms. The van der Waals surface area contributed by atoms with E-state index in [1.807, 2.05) is 30.3 Å². The molecule has 1 saturated heterocycles. The van der Waals surface area contributed by atoms with Crippen molar-refractivity contribution in [3.63, 3.8) is 0 Å². The van der Waals surface area contributed by atoms with Crippen molar-refractivity contribution in [3.05, 3.63) is 48.0 Å². The van der Waals surface area contributed by atoms with Gasteiger partial charge in [-0.15, -0.1) is 0 Å². The lowest BCUT2D eigenvalue weighted by molar-refractivity contribution is -0.0511. The van der Waals surface area contributed by atoms with E-state index in [1.165, 1.54) is 10.9 Å². The Morgan fingerprint density at radius 1 is 1.19 bits per heavy atom. The molecule has 3 aromatic rings. The van der Waals surface area contributed by atoms with Crippen molar-refractivity contribution < 1.29 is 24.9 Å². The van der Waals surface area contributed by atoms with E-state index < -0.39 is 37.1 Å². The number of carbonyl (C=O) groups excluding carboxylic acids is 1. The third-order valence-electron chi connectivity index (χ3n) is 5.19. The number of amides is 1. The number of nitrogens with zero attached hydrogens (tertiary/aromatic N) is 4. The second-order valence-electron chi connectivity index (χ2n) is 7.19. The molecule has 5 N–H and O–H groups in total. The first-order valence-electron chi connectivity index (χ1n) is 9.90. The van der Waals surface area contributed by atoms with E-state index in [-0.39, 0.29) is 11.5 Å². The average Bonchev–Trinajstić information content (AvgIpc) is 3.34. The highest BCUT2D eigenvalue weighted by Gasteiger charge is 2.44. The molecule has 3 heterocycles. The van der Waals surface area contributed by atoms with Gasteiger partial charge in [-0.25, -0.2) is 15.0 Å². The largest absolute Gasteiger partial charge is 0.394 e. The summed E-state index contributed by atoms with van der Waals surface area (Å²) in [5.74, 6) is -0.189. The van der Waals surface area contributed by atoms with Gasteiger partial charge >= 0.3 is 0 Å². The van der Waals surface area contributed by atoms with Crippen molar-refractivity contribution in [2.75, 3.05) is 25.5 Å². The Morgan fingerprint density at radius 3 is 2.65 bits per heavy atom. The number of anilines is 1. The Morgan fingerprint density at radius 2 is 1.97 bits per heavy atom. The molecule has 0 aliphatic carbocycles. The van der Waals surface area contributed by atoms with Gasteiger partial charge in [0.1, 0.15) is 18.3 Å². The fraction of sp³-hybridized carbons (Fsp3) is 0.400. The first-order chi connectivity index (χ1) is 15.0. The number of carbonyl (C=O) groups is 1. The minimum Gasteiger partial charge on any atom is -0.394 e. The summed E-state index contributed by atoms with van der Waals surface area (Å²) in [7, 11) is 1.64. The molecule has 1 aliphatic heterocycles. The lowest BCUT2D eigenvalue weighted by Gasteiger charge is -2.17. The number of hydrogen-bond donors (Lipinski definition) is 5. The molecule has 0 spiro atoms. The van der Waals surface area contributed by atoms with Crippen LogP contribution >= 0.6 is 0 Å². The highest BCUT2D eigenvalue weighted by Crippen LogP contribution is 2.32. The third-order valence-corrected chi connectivity index (χ3v) is 5.19. The van der Waals surface area contributed by atoms with Gasteiger partial charge in [0.15, 0.2) is 23.2 Å². The SMILES string of the molecule is CNc1nc(C(=O)NCCc2ccccc2)nc2c1ncn2[C@@H]1O[C@H](CO)[C@@H](O)[C@H]1O. The van der Waals surface area contributed by atoms with Crippen LogP contribution in [-0.4, -0.2) is 79.3 Å². The van der Waals surface area contributed by atoms with Crippen molar-refractivity contribution in [3.8, 4) is 0 Å². The zero-order valence-corrected chi connectivity index (χ0v) is 16.8. The predicted octanol–water partition coefficient (Wildman–Crippen LogP) is -0.548. The number of ether oxygens (including phenoxy) is 1. The number of aliphatic hydroxyl groups is 3. The van der Waals surface area contributed by atoms with Crippen LogP contribution in [-0.2, 0) is 11.2 Å². The van der Waals surface area contributed by atoms with Gasteiger partial charge in [0, 0.05) is 13.6 Å². The Kier molecular flexibility index (Phi) is 6.09. The lowest BCUT2D eigenvalue weighted by atomic mass is 10.1. The van der Waals surface area contributed by atoms with Crippen LogP contribution in [0.25, 0.3) is 11.2 Å². The van der Waals surface area contributed by atoms with Crippen molar-refractivity contribution in [2.45, 2.75) is 31.0 Å². The van der Waals surface area contributed by atoms with Gasteiger partial charge in [-0.05, 0) is 12.0 Å². The fourth-order valence-corrected chi connectivity index (χ4v) is 3.53. The number of nitrogens with one attached hydrogen (secondary N) is 2. The number of aromatic nitrogens is 4. The summed E-state index contributed by atoms with van der Waals surface area (Å²) in [6.45, 7) is -0.0413. The summed E-state index contributed by atoms with van der Waals surface area (Å²) in [5, 5.41) is 35.4. The molecule has 164 valence electrons. The molecule has 0 radical (unpaired) electrons. The van der Waals surface area contributed by atoms with Gasteiger partial charge in [0.25, 0.3) is 5.91 Å². The maximum absolute atomic E-state index is 12.7. The summed E-state index contributed by atoms with van der Waals surface area (Å²) >= 11 is 0. The third kappa shape index (κ3) is 4.08. The zero-order chi connectivity index (χ0) is 22.0. The topological polar surface area (TPSA) is 155 Å². The van der Waals surface area contributed by atoms with Crippen LogP contribution in [0.3, 0.4) is 0 Å². The number of benzene rings is 1. The van der Waals surface area contributed by atoms with E-state index in [1.54, 1.807) is 7.05 Å². The Labute approximate surface area is 177 Å². The molecular weight excluding hydrogens is 404 g/mol. The normalized spacial score (nSPS) is 23.2. The standard InChI is InChI=1S/C20H24N6O5/c1-21-16-13-18(26(10-23-13)20-15(29)14(28)12(9-27)31-20)25-17(24-16)19(30)22-8-7-11-5-3-2-4-6-11/h2-6,10,12,14-15,20,27-29H,7-9H2,1H3,(H,22,30)(H,21,24,25)/t12-,14-,15-,20-/m1/s1. The van der Waals surface area contributed by atoms with E-state index in [0.29, 0.717) is 24.3 Å². The van der Waals surface area contributed by atoms with Crippen molar-refractivity contribution >= 4 is 22.9 Å². The van der Waals surface area contributed by atoms with E-state index in [0.717, 1.165) is 5.56 Å². The molecule has 1 amide bonds. The van der Waals surface area contributed by atoms with E-state index >= 15 is 0 Å². The quantitative estimate of drug-likeness (QED) is 0.333. The summed E-state index contributed by atoms with van der Waals surface area (Å²) in [5.41, 5.74) is 1.72. The minimum atomic E-state index is -1.30. The number of aliphatic hydroxyl groups excluding tert-OH is 3. The van der Waals surface area contributed by atoms with Gasteiger partial charge in [-0.1, -0.05) is 30.3 Å². The molecule has 1 aromatic carbocycles. The second kappa shape index (κ2) is 8.94. The number of fused-ring (bicyclic) bond motifs is 1. The molecule has 11 nitrogen and oxygen atoms in total. The number of imidazole rings is 1. The summed E-state index contributed by atoms with van der Waals surface area (Å²) in [6.07, 6.45) is -2.48.